The molecular formula is C30H38O2SSi. The van der Waals surface area contributed by atoms with E-state index < -0.39 is 14.4 Å². The van der Waals surface area contributed by atoms with Crippen molar-refractivity contribution in [1.82, 2.24) is 0 Å². The molecule has 0 amide bonds. The number of allylic oxidation sites excluding steroid dienone is 1. The van der Waals surface area contributed by atoms with E-state index in [1.807, 2.05) is 48.5 Å². The third-order valence-corrected chi connectivity index (χ3v) is 11.4. The number of aliphatic hydroxyl groups is 1. The fourth-order valence-corrected chi connectivity index (χ4v) is 4.59. The number of unbranched alkanes of at least 4 members (excludes halogenated alkanes) is 2. The summed E-state index contributed by atoms with van der Waals surface area (Å²) in [7, 11) is -1.68. The van der Waals surface area contributed by atoms with Crippen LogP contribution in [0.5, 0.6) is 0 Å². The molecule has 0 aliphatic rings. The highest BCUT2D eigenvalue weighted by Gasteiger charge is 2.36. The fourth-order valence-electron chi connectivity index (χ4n) is 2.83. The summed E-state index contributed by atoms with van der Waals surface area (Å²) in [5.41, 5.74) is 1.47. The van der Waals surface area contributed by atoms with E-state index in [-0.39, 0.29) is 5.04 Å². The van der Waals surface area contributed by atoms with Crippen molar-refractivity contribution in [3.63, 3.8) is 0 Å². The first-order chi connectivity index (χ1) is 16.2. The Bertz CT molecular complexity index is 1020. The standard InChI is InChI=1S/C30H38O2SSi/c1-30(2,3)34(4,5)32-24-16-7-6-10-18-27(29(31)26-19-11-8-12-20-26)21-15-17-25-33-28-22-13-9-14-23-28/h8-9,11-14,19-23,29,31H,6-7,16,24-25H2,1-5H3/b27-21+. The minimum atomic E-state index is -1.68. The number of thioether (sulfide) groups is 1. The number of hydrogen-bond acceptors (Lipinski definition) is 3. The Morgan fingerprint density at radius 3 is 2.29 bits per heavy atom. The van der Waals surface area contributed by atoms with E-state index in [4.69, 9.17) is 4.43 Å². The largest absolute Gasteiger partial charge is 0.417 e. The molecule has 0 radical (unpaired) electrons. The van der Waals surface area contributed by atoms with E-state index in [1.54, 1.807) is 17.8 Å². The molecule has 1 atom stereocenters. The maximum atomic E-state index is 10.9. The number of hydrogen-bond donors (Lipinski definition) is 1. The summed E-state index contributed by atoms with van der Waals surface area (Å²) in [5, 5.41) is 11.1. The van der Waals surface area contributed by atoms with Crippen molar-refractivity contribution in [1.29, 1.82) is 0 Å². The molecule has 0 heterocycles. The first kappa shape index (κ1) is 28.0. The lowest BCUT2D eigenvalue weighted by atomic mass is 10.0. The molecule has 1 unspecified atom stereocenters. The zero-order valence-electron chi connectivity index (χ0n) is 21.2. The third kappa shape index (κ3) is 9.96. The molecule has 2 aromatic rings. The highest BCUT2D eigenvalue weighted by Crippen LogP contribution is 2.36. The van der Waals surface area contributed by atoms with Gasteiger partial charge in [-0.05, 0) is 48.7 Å². The number of rotatable bonds is 9. The van der Waals surface area contributed by atoms with Gasteiger partial charge < -0.3 is 9.53 Å². The second-order valence-corrected chi connectivity index (χ2v) is 15.6. The summed E-state index contributed by atoms with van der Waals surface area (Å²) < 4.78 is 6.24. The minimum absolute atomic E-state index is 0.237. The van der Waals surface area contributed by atoms with Gasteiger partial charge >= 0.3 is 0 Å². The number of benzene rings is 2. The molecule has 0 saturated carbocycles. The molecule has 34 heavy (non-hydrogen) atoms. The molecule has 0 aromatic heterocycles. The molecule has 2 rings (SSSR count). The molecule has 0 saturated heterocycles. The predicted molar refractivity (Wildman–Crippen MR) is 149 cm³/mol. The molecule has 2 aromatic carbocycles. The van der Waals surface area contributed by atoms with E-state index in [0.717, 1.165) is 31.4 Å². The maximum Gasteiger partial charge on any atom is 0.191 e. The van der Waals surface area contributed by atoms with E-state index >= 15 is 0 Å². The summed E-state index contributed by atoms with van der Waals surface area (Å²) in [5.74, 6) is 13.4. The topological polar surface area (TPSA) is 29.5 Å². The Balaban J connectivity index is 1.94. The normalized spacial score (nSPS) is 12.8. The van der Waals surface area contributed by atoms with Crippen LogP contribution in [-0.4, -0.2) is 25.8 Å². The van der Waals surface area contributed by atoms with Gasteiger partial charge in [0.1, 0.15) is 6.10 Å². The SMILES string of the molecule is CC(C)(C)[Si](C)(C)OCCCCC#C/C(=C\C#CCSc1ccccc1)C(O)c1ccccc1. The van der Waals surface area contributed by atoms with Gasteiger partial charge in [0.2, 0.25) is 0 Å². The molecule has 2 nitrogen and oxygen atoms in total. The van der Waals surface area contributed by atoms with Gasteiger partial charge in [0.15, 0.2) is 8.32 Å². The lowest BCUT2D eigenvalue weighted by Gasteiger charge is -2.36. The van der Waals surface area contributed by atoms with E-state index in [0.29, 0.717) is 11.3 Å². The third-order valence-electron chi connectivity index (χ3n) is 5.99. The number of aliphatic hydroxyl groups excluding tert-OH is 1. The van der Waals surface area contributed by atoms with E-state index in [1.165, 1.54) is 4.90 Å². The monoisotopic (exact) mass is 490 g/mol. The molecule has 0 bridgehead atoms. The summed E-state index contributed by atoms with van der Waals surface area (Å²) in [6.45, 7) is 12.2. The fraction of sp³-hybridized carbons (Fsp3) is 0.400. The summed E-state index contributed by atoms with van der Waals surface area (Å²) in [6, 6.07) is 19.8. The van der Waals surface area contributed by atoms with Crippen LogP contribution in [0.2, 0.25) is 18.1 Å². The first-order valence-corrected chi connectivity index (χ1v) is 15.8. The Morgan fingerprint density at radius 1 is 1.00 bits per heavy atom. The molecule has 180 valence electrons. The second-order valence-electron chi connectivity index (χ2n) is 9.70. The van der Waals surface area contributed by atoms with Gasteiger partial charge in [-0.2, -0.15) is 0 Å². The van der Waals surface area contributed by atoms with Crippen LogP contribution in [0.15, 0.2) is 77.2 Å². The van der Waals surface area contributed by atoms with Crippen LogP contribution in [0, 0.1) is 23.7 Å². The van der Waals surface area contributed by atoms with Crippen LogP contribution in [0.1, 0.15) is 51.7 Å². The zero-order valence-corrected chi connectivity index (χ0v) is 23.0. The van der Waals surface area contributed by atoms with Crippen molar-refractivity contribution in [3.05, 3.63) is 77.9 Å². The molecule has 0 fully saturated rings. The Kier molecular flexibility index (Phi) is 11.7. The molecule has 4 heteroatoms. The van der Waals surface area contributed by atoms with Crippen LogP contribution in [0.3, 0.4) is 0 Å². The second kappa shape index (κ2) is 14.2. The van der Waals surface area contributed by atoms with Crippen molar-refractivity contribution in [3.8, 4) is 23.7 Å². The Labute approximate surface area is 212 Å². The van der Waals surface area contributed by atoms with Crippen LogP contribution < -0.4 is 0 Å². The van der Waals surface area contributed by atoms with Gasteiger partial charge in [0.25, 0.3) is 0 Å². The molecule has 1 N–H and O–H groups in total. The van der Waals surface area contributed by atoms with Crippen LogP contribution in [-0.2, 0) is 4.43 Å². The molecule has 0 spiro atoms. The first-order valence-electron chi connectivity index (χ1n) is 11.9. The molecular weight excluding hydrogens is 452 g/mol. The van der Waals surface area contributed by atoms with E-state index in [2.05, 4.69) is 69.7 Å². The van der Waals surface area contributed by atoms with Gasteiger partial charge in [-0.1, -0.05) is 93.0 Å². The zero-order chi connectivity index (χ0) is 24.9. The van der Waals surface area contributed by atoms with Crippen LogP contribution in [0.25, 0.3) is 0 Å². The summed E-state index contributed by atoms with van der Waals surface area (Å²) >= 11 is 1.70. The van der Waals surface area contributed by atoms with E-state index in [9.17, 15) is 5.11 Å². The molecule has 0 aliphatic carbocycles. The average molecular weight is 491 g/mol. The van der Waals surface area contributed by atoms with Crippen molar-refractivity contribution in [2.24, 2.45) is 0 Å². The highest BCUT2D eigenvalue weighted by atomic mass is 32.2. The Morgan fingerprint density at radius 2 is 1.65 bits per heavy atom. The molecule has 0 aliphatic heterocycles. The van der Waals surface area contributed by atoms with Crippen molar-refractivity contribution >= 4 is 20.1 Å². The van der Waals surface area contributed by atoms with Crippen LogP contribution in [0.4, 0.5) is 0 Å². The predicted octanol–water partition coefficient (Wildman–Crippen LogP) is 7.64. The highest BCUT2D eigenvalue weighted by molar-refractivity contribution is 7.99. The van der Waals surface area contributed by atoms with Crippen LogP contribution >= 0.6 is 11.8 Å². The quantitative estimate of drug-likeness (QED) is 0.169. The summed E-state index contributed by atoms with van der Waals surface area (Å²) in [4.78, 5) is 1.20. The van der Waals surface area contributed by atoms with Gasteiger partial charge in [0.05, 0.1) is 5.75 Å². The van der Waals surface area contributed by atoms with Crippen molar-refractivity contribution in [2.45, 2.75) is 69.2 Å². The Hall–Kier alpha value is -2.21. The summed E-state index contributed by atoms with van der Waals surface area (Å²) in [6.07, 6.45) is 3.74. The smallest absolute Gasteiger partial charge is 0.191 e. The van der Waals surface area contributed by atoms with Gasteiger partial charge in [-0.3, -0.25) is 0 Å². The van der Waals surface area contributed by atoms with Gasteiger partial charge in [0, 0.05) is 29.6 Å². The minimum Gasteiger partial charge on any atom is -0.417 e. The van der Waals surface area contributed by atoms with Crippen molar-refractivity contribution < 1.29 is 9.53 Å². The lowest BCUT2D eigenvalue weighted by molar-refractivity contribution is 0.221. The van der Waals surface area contributed by atoms with Gasteiger partial charge in [-0.15, -0.1) is 11.8 Å². The van der Waals surface area contributed by atoms with Gasteiger partial charge in [-0.25, -0.2) is 0 Å². The maximum absolute atomic E-state index is 10.9. The lowest BCUT2D eigenvalue weighted by Crippen LogP contribution is -2.40. The average Bonchev–Trinajstić information content (AvgIpc) is 2.82. The van der Waals surface area contributed by atoms with Crippen molar-refractivity contribution in [2.75, 3.05) is 12.4 Å².